The molecule has 6 nitrogen and oxygen atoms in total. The Kier molecular flexibility index (Phi) is 1.77. The number of aliphatic hydroxyl groups is 1. The maximum Gasteiger partial charge on any atom is 0.342 e. The van der Waals surface area contributed by atoms with Crippen molar-refractivity contribution in [3.8, 4) is 0 Å². The summed E-state index contributed by atoms with van der Waals surface area (Å²) in [4.78, 5) is 13.9. The van der Waals surface area contributed by atoms with Crippen molar-refractivity contribution < 1.29 is 10.0 Å². The van der Waals surface area contributed by atoms with Gasteiger partial charge in [-0.3, -0.25) is 0 Å². The Hall–Kier alpha value is -1.43. The number of imidazole rings is 1. The van der Waals surface area contributed by atoms with Crippen LogP contribution in [-0.4, -0.2) is 25.7 Å². The van der Waals surface area contributed by atoms with Gasteiger partial charge >= 0.3 is 5.82 Å². The Labute approximate surface area is 74.0 Å². The van der Waals surface area contributed by atoms with Crippen LogP contribution in [0.4, 0.5) is 5.82 Å². The summed E-state index contributed by atoms with van der Waals surface area (Å²) in [5.41, 5.74) is 0. The summed E-state index contributed by atoms with van der Waals surface area (Å²) < 4.78 is 1.47. The van der Waals surface area contributed by atoms with Gasteiger partial charge in [-0.15, -0.1) is 0 Å². The highest BCUT2D eigenvalue weighted by molar-refractivity contribution is 5.20. The topological polar surface area (TPSA) is 81.2 Å². The van der Waals surface area contributed by atoms with Gasteiger partial charge in [-0.25, -0.2) is 9.55 Å². The molecule has 0 aromatic carbocycles. The first-order valence-corrected chi connectivity index (χ1v) is 4.05. The van der Waals surface area contributed by atoms with Gasteiger partial charge in [0.25, 0.3) is 0 Å². The van der Waals surface area contributed by atoms with Crippen molar-refractivity contribution in [2.24, 2.45) is 0 Å². The molecular formula is C7H9N3O3. The van der Waals surface area contributed by atoms with Crippen LogP contribution in [0.25, 0.3) is 0 Å². The SMILES string of the molecule is O=[N+]([O-])c1cnc2n1CC(O)CC2. The van der Waals surface area contributed by atoms with E-state index < -0.39 is 11.0 Å². The number of nitrogens with zero attached hydrogens (tertiary/aromatic N) is 3. The first-order chi connectivity index (χ1) is 6.18. The maximum absolute atomic E-state index is 10.5. The molecular weight excluding hydrogens is 174 g/mol. The molecule has 0 amide bonds. The summed E-state index contributed by atoms with van der Waals surface area (Å²) >= 11 is 0. The molecule has 0 radical (unpaired) electrons. The fourth-order valence-electron chi connectivity index (χ4n) is 1.55. The molecule has 1 aliphatic heterocycles. The van der Waals surface area contributed by atoms with Crippen LogP contribution in [0.2, 0.25) is 0 Å². The first kappa shape index (κ1) is 8.18. The standard InChI is InChI=1S/C7H9N3O3/c11-5-1-2-6-8-3-7(10(12)13)9(6)4-5/h3,5,11H,1-2,4H2. The fraction of sp³-hybridized carbons (Fsp3) is 0.571. The van der Waals surface area contributed by atoms with E-state index in [9.17, 15) is 15.2 Å². The lowest BCUT2D eigenvalue weighted by Gasteiger charge is -2.14. The van der Waals surface area contributed by atoms with E-state index in [0.29, 0.717) is 18.7 Å². The second-order valence-electron chi connectivity index (χ2n) is 3.09. The number of hydrogen-bond acceptors (Lipinski definition) is 4. The Morgan fingerprint density at radius 3 is 3.23 bits per heavy atom. The largest absolute Gasteiger partial charge is 0.389 e. The van der Waals surface area contributed by atoms with Gasteiger partial charge in [0, 0.05) is 6.42 Å². The third-order valence-electron chi connectivity index (χ3n) is 2.20. The fourth-order valence-corrected chi connectivity index (χ4v) is 1.55. The van der Waals surface area contributed by atoms with Gasteiger partial charge in [0.15, 0.2) is 5.82 Å². The molecule has 1 atom stereocenters. The van der Waals surface area contributed by atoms with Crippen molar-refractivity contribution in [2.45, 2.75) is 25.5 Å². The minimum Gasteiger partial charge on any atom is -0.389 e. The Morgan fingerprint density at radius 2 is 2.54 bits per heavy atom. The van der Waals surface area contributed by atoms with Crippen molar-refractivity contribution in [1.29, 1.82) is 0 Å². The molecule has 0 saturated carbocycles. The molecule has 0 saturated heterocycles. The average Bonchev–Trinajstić information content (AvgIpc) is 2.46. The summed E-state index contributed by atoms with van der Waals surface area (Å²) in [5, 5.41) is 19.8. The predicted octanol–water partition coefficient (Wildman–Crippen LogP) is 0.0984. The number of aromatic nitrogens is 2. The lowest BCUT2D eigenvalue weighted by atomic mass is 10.1. The zero-order valence-corrected chi connectivity index (χ0v) is 6.88. The third-order valence-corrected chi connectivity index (χ3v) is 2.20. The monoisotopic (exact) mass is 183 g/mol. The number of aliphatic hydroxyl groups excluding tert-OH is 1. The van der Waals surface area contributed by atoms with Gasteiger partial charge in [0.1, 0.15) is 12.7 Å². The molecule has 13 heavy (non-hydrogen) atoms. The Balaban J connectivity index is 2.41. The second-order valence-corrected chi connectivity index (χ2v) is 3.09. The lowest BCUT2D eigenvalue weighted by Crippen LogP contribution is -2.25. The van der Waals surface area contributed by atoms with Crippen LogP contribution >= 0.6 is 0 Å². The first-order valence-electron chi connectivity index (χ1n) is 4.05. The van der Waals surface area contributed by atoms with Gasteiger partial charge in [-0.05, 0) is 11.3 Å². The summed E-state index contributed by atoms with van der Waals surface area (Å²) in [6.07, 6.45) is 2.00. The minimum absolute atomic E-state index is 0.0336. The molecule has 0 fully saturated rings. The maximum atomic E-state index is 10.5. The Morgan fingerprint density at radius 1 is 1.77 bits per heavy atom. The van der Waals surface area contributed by atoms with Gasteiger partial charge in [-0.2, -0.15) is 0 Å². The molecule has 1 N–H and O–H groups in total. The molecule has 1 unspecified atom stereocenters. The normalized spacial score (nSPS) is 21.2. The molecule has 6 heteroatoms. The van der Waals surface area contributed by atoms with Crippen molar-refractivity contribution in [3.63, 3.8) is 0 Å². The molecule has 1 aliphatic rings. The van der Waals surface area contributed by atoms with Crippen LogP contribution < -0.4 is 0 Å². The van der Waals surface area contributed by atoms with Gasteiger partial charge < -0.3 is 15.2 Å². The van der Waals surface area contributed by atoms with Crippen LogP contribution in [0.5, 0.6) is 0 Å². The number of aryl methyl sites for hydroxylation is 1. The lowest BCUT2D eigenvalue weighted by molar-refractivity contribution is -0.392. The van der Waals surface area contributed by atoms with E-state index in [1.54, 1.807) is 0 Å². The Bertz CT molecular complexity index is 347. The number of fused-ring (bicyclic) bond motifs is 1. The number of hydrogen-bond donors (Lipinski definition) is 1. The third kappa shape index (κ3) is 1.29. The molecule has 2 heterocycles. The van der Waals surface area contributed by atoms with E-state index in [4.69, 9.17) is 0 Å². The zero-order chi connectivity index (χ0) is 9.42. The van der Waals surface area contributed by atoms with E-state index in [1.807, 2.05) is 0 Å². The van der Waals surface area contributed by atoms with E-state index in [2.05, 4.69) is 4.98 Å². The molecule has 70 valence electrons. The summed E-state index contributed by atoms with van der Waals surface area (Å²) in [6, 6.07) is 0. The van der Waals surface area contributed by atoms with Crippen LogP contribution in [0.1, 0.15) is 12.2 Å². The van der Waals surface area contributed by atoms with Crippen molar-refractivity contribution in [3.05, 3.63) is 22.1 Å². The van der Waals surface area contributed by atoms with E-state index in [1.165, 1.54) is 10.8 Å². The van der Waals surface area contributed by atoms with Crippen molar-refractivity contribution in [1.82, 2.24) is 9.55 Å². The highest BCUT2D eigenvalue weighted by Gasteiger charge is 2.27. The van der Waals surface area contributed by atoms with E-state index in [-0.39, 0.29) is 12.4 Å². The summed E-state index contributed by atoms with van der Waals surface area (Å²) in [7, 11) is 0. The minimum atomic E-state index is -0.486. The highest BCUT2D eigenvalue weighted by Crippen LogP contribution is 2.21. The molecule has 2 rings (SSSR count). The van der Waals surface area contributed by atoms with E-state index >= 15 is 0 Å². The second kappa shape index (κ2) is 2.81. The summed E-state index contributed by atoms with van der Waals surface area (Å²) in [5.74, 6) is 0.658. The molecule has 1 aromatic rings. The quantitative estimate of drug-likeness (QED) is 0.494. The summed E-state index contributed by atoms with van der Waals surface area (Å²) in [6.45, 7) is 0.283. The highest BCUT2D eigenvalue weighted by atomic mass is 16.6. The van der Waals surface area contributed by atoms with Gasteiger partial charge in [-0.1, -0.05) is 0 Å². The number of rotatable bonds is 1. The van der Waals surface area contributed by atoms with Crippen LogP contribution in [-0.2, 0) is 13.0 Å². The zero-order valence-electron chi connectivity index (χ0n) is 6.88. The van der Waals surface area contributed by atoms with Crippen LogP contribution in [0.3, 0.4) is 0 Å². The number of nitro groups is 1. The molecule has 0 bridgehead atoms. The molecule has 1 aromatic heterocycles. The predicted molar refractivity (Wildman–Crippen MR) is 43.2 cm³/mol. The average molecular weight is 183 g/mol. The van der Waals surface area contributed by atoms with E-state index in [0.717, 1.165) is 0 Å². The van der Waals surface area contributed by atoms with Crippen LogP contribution in [0.15, 0.2) is 6.20 Å². The molecule has 0 spiro atoms. The van der Waals surface area contributed by atoms with Crippen molar-refractivity contribution in [2.75, 3.05) is 0 Å². The van der Waals surface area contributed by atoms with Gasteiger partial charge in [0.2, 0.25) is 0 Å². The molecule has 0 aliphatic carbocycles. The smallest absolute Gasteiger partial charge is 0.342 e. The van der Waals surface area contributed by atoms with Crippen LogP contribution in [0, 0.1) is 10.1 Å². The van der Waals surface area contributed by atoms with Crippen molar-refractivity contribution >= 4 is 5.82 Å². The van der Waals surface area contributed by atoms with Gasteiger partial charge in [0.05, 0.1) is 6.10 Å².